The molecule has 1 aromatic heterocycles. The molecule has 0 aliphatic carbocycles. The van der Waals surface area contributed by atoms with Crippen LogP contribution in [0.25, 0.3) is 17.0 Å². The second-order valence-electron chi connectivity index (χ2n) is 4.98. The highest BCUT2D eigenvalue weighted by Crippen LogP contribution is 2.25. The number of allylic oxidation sites excluding steroid dienone is 1. The van der Waals surface area contributed by atoms with Crippen LogP contribution < -0.4 is 0 Å². The van der Waals surface area contributed by atoms with Crippen LogP contribution >= 0.6 is 11.6 Å². The van der Waals surface area contributed by atoms with Gasteiger partial charge < -0.3 is 9.30 Å². The lowest BCUT2D eigenvalue weighted by Crippen LogP contribution is -2.19. The minimum atomic E-state index is -0.980. The molecule has 1 aromatic carbocycles. The molecule has 120 valence electrons. The van der Waals surface area contributed by atoms with Crippen LogP contribution in [0.4, 0.5) is 0 Å². The zero-order valence-corrected chi connectivity index (χ0v) is 13.6. The summed E-state index contributed by atoms with van der Waals surface area (Å²) in [6.07, 6.45) is 4.25. The Bertz CT molecular complexity index is 804. The van der Waals surface area contributed by atoms with Crippen molar-refractivity contribution in [3.63, 3.8) is 0 Å². The number of nitrogens with zero attached hydrogens (tertiary/aromatic N) is 1. The van der Waals surface area contributed by atoms with Gasteiger partial charge in [-0.1, -0.05) is 11.6 Å². The van der Waals surface area contributed by atoms with Crippen molar-refractivity contribution in [3.05, 3.63) is 41.1 Å². The summed E-state index contributed by atoms with van der Waals surface area (Å²) in [5.74, 6) is -2.28. The van der Waals surface area contributed by atoms with E-state index in [1.165, 1.54) is 6.08 Å². The average Bonchev–Trinajstić information content (AvgIpc) is 2.81. The van der Waals surface area contributed by atoms with Crippen LogP contribution in [-0.2, 0) is 26.2 Å². The molecule has 0 bridgehead atoms. The number of esters is 1. The number of rotatable bonds is 6. The quantitative estimate of drug-likeness (QED) is 0.353. The van der Waals surface area contributed by atoms with Gasteiger partial charge in [0, 0.05) is 34.7 Å². The third-order valence-corrected chi connectivity index (χ3v) is 3.50. The maximum atomic E-state index is 11.8. The fourth-order valence-corrected chi connectivity index (χ4v) is 2.38. The Hall–Kier alpha value is -2.40. The first-order valence-electron chi connectivity index (χ1n) is 7.07. The molecule has 1 heterocycles. The molecule has 2 aromatic rings. The van der Waals surface area contributed by atoms with Crippen molar-refractivity contribution in [3.8, 4) is 0 Å². The predicted molar refractivity (Wildman–Crippen MR) is 88.2 cm³/mol. The zero-order valence-electron chi connectivity index (χ0n) is 12.8. The van der Waals surface area contributed by atoms with E-state index in [-0.39, 0.29) is 6.61 Å². The van der Waals surface area contributed by atoms with E-state index in [2.05, 4.69) is 4.74 Å². The minimum absolute atomic E-state index is 0.103. The van der Waals surface area contributed by atoms with E-state index in [0.29, 0.717) is 5.02 Å². The molecule has 5 nitrogen and oxygen atoms in total. The molecule has 0 fully saturated rings. The van der Waals surface area contributed by atoms with Crippen LogP contribution in [0.3, 0.4) is 0 Å². The molecular formula is C17H16ClNO4. The van der Waals surface area contributed by atoms with Crippen LogP contribution in [-0.4, -0.2) is 28.7 Å². The zero-order chi connectivity index (χ0) is 17.0. The van der Waals surface area contributed by atoms with Gasteiger partial charge in [-0.25, -0.2) is 4.79 Å². The standard InChI is InChI=1S/C17H16ClNO4/c1-3-23-17(22)16(21)9-13(20)6-4-11-10-19(2)15-7-5-12(18)8-14(11)15/h4-8,10H,3,9H2,1-2H3/b6-4+. The molecule has 2 rings (SSSR count). The fraction of sp³-hybridized carbons (Fsp3) is 0.235. The predicted octanol–water partition coefficient (Wildman–Crippen LogP) is 2.94. The largest absolute Gasteiger partial charge is 0.460 e. The lowest BCUT2D eigenvalue weighted by molar-refractivity contribution is -0.154. The molecule has 0 N–H and O–H groups in total. The lowest BCUT2D eigenvalue weighted by atomic mass is 10.1. The normalized spacial score (nSPS) is 11.1. The smallest absolute Gasteiger partial charge is 0.375 e. The molecule has 0 amide bonds. The Kier molecular flexibility index (Phi) is 5.34. The van der Waals surface area contributed by atoms with E-state index in [4.69, 9.17) is 11.6 Å². The Morgan fingerprint density at radius 1 is 1.30 bits per heavy atom. The molecule has 0 saturated carbocycles. The van der Waals surface area contributed by atoms with Crippen LogP contribution in [0, 0.1) is 0 Å². The minimum Gasteiger partial charge on any atom is -0.460 e. The van der Waals surface area contributed by atoms with Crippen molar-refractivity contribution >= 4 is 46.1 Å². The molecule has 0 spiro atoms. The highest BCUT2D eigenvalue weighted by Gasteiger charge is 2.17. The summed E-state index contributed by atoms with van der Waals surface area (Å²) in [5.41, 5.74) is 1.78. The number of fused-ring (bicyclic) bond motifs is 1. The number of ether oxygens (including phenoxy) is 1. The first kappa shape index (κ1) is 17.0. The third-order valence-electron chi connectivity index (χ3n) is 3.27. The Morgan fingerprint density at radius 3 is 2.74 bits per heavy atom. The number of hydrogen-bond acceptors (Lipinski definition) is 4. The van der Waals surface area contributed by atoms with E-state index in [9.17, 15) is 14.4 Å². The van der Waals surface area contributed by atoms with Gasteiger partial charge >= 0.3 is 5.97 Å². The van der Waals surface area contributed by atoms with Crippen LogP contribution in [0.5, 0.6) is 0 Å². The number of aromatic nitrogens is 1. The highest BCUT2D eigenvalue weighted by atomic mass is 35.5. The van der Waals surface area contributed by atoms with Gasteiger partial charge in [-0.15, -0.1) is 0 Å². The van der Waals surface area contributed by atoms with E-state index in [1.54, 1.807) is 19.1 Å². The maximum Gasteiger partial charge on any atom is 0.375 e. The van der Waals surface area contributed by atoms with Crippen molar-refractivity contribution in [1.29, 1.82) is 0 Å². The van der Waals surface area contributed by atoms with Gasteiger partial charge in [0.15, 0.2) is 5.78 Å². The lowest BCUT2D eigenvalue weighted by Gasteiger charge is -1.98. The first-order valence-corrected chi connectivity index (χ1v) is 7.45. The van der Waals surface area contributed by atoms with Crippen LogP contribution in [0.1, 0.15) is 18.9 Å². The van der Waals surface area contributed by atoms with Crippen molar-refractivity contribution in [2.24, 2.45) is 7.05 Å². The SMILES string of the molecule is CCOC(=O)C(=O)CC(=O)/C=C/c1cn(C)c2ccc(Cl)cc12. The van der Waals surface area contributed by atoms with Gasteiger partial charge in [0.1, 0.15) is 0 Å². The second-order valence-corrected chi connectivity index (χ2v) is 5.41. The van der Waals surface area contributed by atoms with Crippen LogP contribution in [0.2, 0.25) is 5.02 Å². The van der Waals surface area contributed by atoms with E-state index >= 15 is 0 Å². The van der Waals surface area contributed by atoms with Gasteiger partial charge in [-0.2, -0.15) is 0 Å². The summed E-state index contributed by atoms with van der Waals surface area (Å²) in [4.78, 5) is 34.5. The monoisotopic (exact) mass is 333 g/mol. The molecular weight excluding hydrogens is 318 g/mol. The van der Waals surface area contributed by atoms with E-state index < -0.39 is 24.0 Å². The van der Waals surface area contributed by atoms with E-state index in [0.717, 1.165) is 16.5 Å². The van der Waals surface area contributed by atoms with Gasteiger partial charge in [-0.05, 0) is 37.3 Å². The summed E-state index contributed by atoms with van der Waals surface area (Å²) in [5, 5.41) is 1.50. The van der Waals surface area contributed by atoms with E-state index in [1.807, 2.05) is 29.9 Å². The Labute approximate surface area is 138 Å². The van der Waals surface area contributed by atoms with Crippen molar-refractivity contribution < 1.29 is 19.1 Å². The number of benzene rings is 1. The summed E-state index contributed by atoms with van der Waals surface area (Å²) >= 11 is 6.00. The molecule has 0 aliphatic rings. The summed E-state index contributed by atoms with van der Waals surface area (Å²) < 4.78 is 6.47. The third kappa shape index (κ3) is 4.07. The molecule has 0 aliphatic heterocycles. The number of aryl methyl sites for hydroxylation is 1. The van der Waals surface area contributed by atoms with Crippen molar-refractivity contribution in [2.75, 3.05) is 6.61 Å². The van der Waals surface area contributed by atoms with Gasteiger partial charge in [0.05, 0.1) is 13.0 Å². The van der Waals surface area contributed by atoms with Crippen LogP contribution in [0.15, 0.2) is 30.5 Å². The number of carbonyl (C=O) groups excluding carboxylic acids is 3. The molecule has 23 heavy (non-hydrogen) atoms. The highest BCUT2D eigenvalue weighted by molar-refractivity contribution is 6.37. The summed E-state index contributed by atoms with van der Waals surface area (Å²) in [6.45, 7) is 1.70. The molecule has 0 unspecified atom stereocenters. The molecule has 6 heteroatoms. The van der Waals surface area contributed by atoms with Crippen molar-refractivity contribution in [2.45, 2.75) is 13.3 Å². The second kappa shape index (κ2) is 7.24. The maximum absolute atomic E-state index is 11.8. The number of ketones is 2. The number of hydrogen-bond donors (Lipinski definition) is 0. The van der Waals surface area contributed by atoms with Gasteiger partial charge in [0.2, 0.25) is 5.78 Å². The topological polar surface area (TPSA) is 65.4 Å². The molecule has 0 saturated heterocycles. The summed E-state index contributed by atoms with van der Waals surface area (Å²) in [6, 6.07) is 5.49. The fourth-order valence-electron chi connectivity index (χ4n) is 2.21. The number of Topliss-reactive ketones (excluding diaryl/α,β-unsaturated/α-hetero) is 1. The molecule has 0 atom stereocenters. The first-order chi connectivity index (χ1) is 10.9. The number of carbonyl (C=O) groups is 3. The Balaban J connectivity index is 2.14. The summed E-state index contributed by atoms with van der Waals surface area (Å²) in [7, 11) is 1.89. The van der Waals surface area contributed by atoms with Gasteiger partial charge in [-0.3, -0.25) is 9.59 Å². The van der Waals surface area contributed by atoms with Gasteiger partial charge in [0.25, 0.3) is 0 Å². The Morgan fingerprint density at radius 2 is 2.04 bits per heavy atom. The molecule has 0 radical (unpaired) electrons. The number of halogens is 1. The van der Waals surface area contributed by atoms with Crippen molar-refractivity contribution in [1.82, 2.24) is 4.57 Å². The average molecular weight is 334 g/mol.